The molecule has 1 aromatic rings. The fourth-order valence-corrected chi connectivity index (χ4v) is 2.08. The van der Waals surface area contributed by atoms with Gasteiger partial charge < -0.3 is 15.0 Å². The molecular formula is C15H24ClN2O2+. The monoisotopic (exact) mass is 299 g/mol. The van der Waals surface area contributed by atoms with Crippen LogP contribution in [0.15, 0.2) is 18.2 Å². The first-order chi connectivity index (χ1) is 9.38. The van der Waals surface area contributed by atoms with Crippen molar-refractivity contribution >= 4 is 17.5 Å². The predicted octanol–water partition coefficient (Wildman–Crippen LogP) is 0.924. The highest BCUT2D eigenvalue weighted by Gasteiger charge is 2.09. The Balaban J connectivity index is 2.31. The molecule has 112 valence electrons. The Kier molecular flexibility index (Phi) is 6.82. The van der Waals surface area contributed by atoms with Crippen LogP contribution in [0.4, 0.5) is 0 Å². The quantitative estimate of drug-likeness (QED) is 0.786. The van der Waals surface area contributed by atoms with E-state index in [1.54, 1.807) is 12.1 Å². The van der Waals surface area contributed by atoms with Crippen molar-refractivity contribution in [2.45, 2.75) is 13.8 Å². The zero-order valence-corrected chi connectivity index (χ0v) is 13.4. The number of ether oxygens (including phenoxy) is 1. The molecule has 0 aliphatic rings. The van der Waals surface area contributed by atoms with Crippen molar-refractivity contribution in [1.29, 1.82) is 0 Å². The summed E-state index contributed by atoms with van der Waals surface area (Å²) in [6.45, 7) is 5.75. The van der Waals surface area contributed by atoms with Crippen molar-refractivity contribution in [2.75, 3.05) is 33.8 Å². The molecule has 0 aromatic heterocycles. The van der Waals surface area contributed by atoms with Gasteiger partial charge in [0.05, 0.1) is 20.6 Å². The van der Waals surface area contributed by atoms with Crippen LogP contribution >= 0.6 is 11.6 Å². The molecule has 0 bridgehead atoms. The molecule has 0 saturated heterocycles. The fraction of sp³-hybridized carbons (Fsp3) is 0.533. The molecule has 0 spiro atoms. The molecule has 0 aliphatic heterocycles. The summed E-state index contributed by atoms with van der Waals surface area (Å²) in [5, 5.41) is 3.58. The van der Waals surface area contributed by atoms with Crippen molar-refractivity contribution in [3.05, 3.63) is 28.8 Å². The van der Waals surface area contributed by atoms with Gasteiger partial charge in [-0.05, 0) is 30.7 Å². The molecule has 1 aromatic carbocycles. The van der Waals surface area contributed by atoms with Gasteiger partial charge in [-0.3, -0.25) is 4.79 Å². The first kappa shape index (κ1) is 16.8. The fourth-order valence-electron chi connectivity index (χ4n) is 1.96. The summed E-state index contributed by atoms with van der Waals surface area (Å²) in [7, 11) is 4.20. The van der Waals surface area contributed by atoms with Crippen LogP contribution in [-0.4, -0.2) is 39.7 Å². The number of nitrogens with one attached hydrogen (secondary N) is 2. The molecule has 0 aliphatic carbocycles. The third kappa shape index (κ3) is 6.26. The van der Waals surface area contributed by atoms with Crippen LogP contribution in [-0.2, 0) is 4.79 Å². The third-order valence-electron chi connectivity index (χ3n) is 2.90. The largest absolute Gasteiger partial charge is 0.484 e. The Morgan fingerprint density at radius 2 is 2.15 bits per heavy atom. The molecule has 1 amide bonds. The molecule has 2 N–H and O–H groups in total. The van der Waals surface area contributed by atoms with Gasteiger partial charge in [-0.25, -0.2) is 0 Å². The molecule has 0 saturated carbocycles. The number of rotatable bonds is 7. The van der Waals surface area contributed by atoms with Crippen LogP contribution in [0.2, 0.25) is 5.02 Å². The van der Waals surface area contributed by atoms with E-state index < -0.39 is 0 Å². The maximum absolute atomic E-state index is 11.7. The van der Waals surface area contributed by atoms with E-state index in [0.717, 1.165) is 12.1 Å². The minimum Gasteiger partial charge on any atom is -0.484 e. The van der Waals surface area contributed by atoms with Crippen LogP contribution in [0, 0.1) is 12.8 Å². The molecule has 0 unspecified atom stereocenters. The summed E-state index contributed by atoms with van der Waals surface area (Å²) in [5.41, 5.74) is 0.937. The molecular weight excluding hydrogens is 276 g/mol. The molecule has 1 atom stereocenters. The number of carbonyl (C=O) groups is 1. The van der Waals surface area contributed by atoms with Gasteiger partial charge in [-0.1, -0.05) is 18.5 Å². The van der Waals surface area contributed by atoms with Gasteiger partial charge in [0, 0.05) is 17.5 Å². The summed E-state index contributed by atoms with van der Waals surface area (Å²) < 4.78 is 5.44. The molecule has 0 radical (unpaired) electrons. The maximum Gasteiger partial charge on any atom is 0.257 e. The van der Waals surface area contributed by atoms with Crippen LogP contribution in [0.1, 0.15) is 12.5 Å². The Hall–Kier alpha value is -1.26. The highest BCUT2D eigenvalue weighted by molar-refractivity contribution is 6.31. The van der Waals surface area contributed by atoms with Crippen LogP contribution in [0.25, 0.3) is 0 Å². The maximum atomic E-state index is 11.7. The van der Waals surface area contributed by atoms with Gasteiger partial charge in [-0.2, -0.15) is 0 Å². The summed E-state index contributed by atoms with van der Waals surface area (Å²) in [6, 6.07) is 5.36. The van der Waals surface area contributed by atoms with E-state index >= 15 is 0 Å². The standard InChI is InChI=1S/C15H23ClN2O2/c1-11(9-18(3)4)8-17-15(19)10-20-13-5-6-14(16)12(2)7-13/h5-7,11H,8-10H2,1-4H3,(H,17,19)/p+1/t11-/m0/s1. The molecule has 1 rings (SSSR count). The van der Waals surface area contributed by atoms with E-state index in [1.165, 1.54) is 4.90 Å². The number of hydrogen-bond acceptors (Lipinski definition) is 2. The third-order valence-corrected chi connectivity index (χ3v) is 3.33. The Bertz CT molecular complexity index is 449. The van der Waals surface area contributed by atoms with Crippen molar-refractivity contribution in [2.24, 2.45) is 5.92 Å². The lowest BCUT2D eigenvalue weighted by atomic mass is 10.2. The lowest BCUT2D eigenvalue weighted by Gasteiger charge is -2.15. The van der Waals surface area contributed by atoms with Gasteiger partial charge in [0.25, 0.3) is 5.91 Å². The van der Waals surface area contributed by atoms with Crippen LogP contribution in [0.5, 0.6) is 5.75 Å². The first-order valence-corrected chi connectivity index (χ1v) is 7.21. The van der Waals surface area contributed by atoms with E-state index in [4.69, 9.17) is 16.3 Å². The van der Waals surface area contributed by atoms with Crippen molar-refractivity contribution in [1.82, 2.24) is 5.32 Å². The van der Waals surface area contributed by atoms with Crippen LogP contribution < -0.4 is 15.0 Å². The molecule has 4 nitrogen and oxygen atoms in total. The second kappa shape index (κ2) is 8.12. The van der Waals surface area contributed by atoms with E-state index in [1.807, 2.05) is 13.0 Å². The lowest BCUT2D eigenvalue weighted by Crippen LogP contribution is -3.06. The highest BCUT2D eigenvalue weighted by Crippen LogP contribution is 2.20. The van der Waals surface area contributed by atoms with Gasteiger partial charge in [0.15, 0.2) is 6.61 Å². The average Bonchev–Trinajstić information content (AvgIpc) is 2.37. The average molecular weight is 300 g/mol. The van der Waals surface area contributed by atoms with Crippen LogP contribution in [0.3, 0.4) is 0 Å². The zero-order valence-electron chi connectivity index (χ0n) is 12.6. The Morgan fingerprint density at radius 1 is 1.45 bits per heavy atom. The molecule has 5 heteroatoms. The van der Waals surface area contributed by atoms with Crippen molar-refractivity contribution in [3.63, 3.8) is 0 Å². The van der Waals surface area contributed by atoms with E-state index in [9.17, 15) is 4.79 Å². The van der Waals surface area contributed by atoms with Gasteiger partial charge in [-0.15, -0.1) is 0 Å². The number of benzene rings is 1. The zero-order chi connectivity index (χ0) is 15.1. The van der Waals surface area contributed by atoms with Gasteiger partial charge >= 0.3 is 0 Å². The number of quaternary nitrogens is 1. The van der Waals surface area contributed by atoms with Crippen molar-refractivity contribution in [3.8, 4) is 5.75 Å². The normalized spacial score (nSPS) is 12.3. The Labute approximate surface area is 126 Å². The first-order valence-electron chi connectivity index (χ1n) is 6.83. The van der Waals surface area contributed by atoms with Crippen molar-refractivity contribution < 1.29 is 14.4 Å². The lowest BCUT2D eigenvalue weighted by molar-refractivity contribution is -0.861. The summed E-state index contributed by atoms with van der Waals surface area (Å²) in [5.74, 6) is 1.01. The highest BCUT2D eigenvalue weighted by atomic mass is 35.5. The minimum absolute atomic E-state index is 0.0304. The number of aryl methyl sites for hydroxylation is 1. The second-order valence-electron chi connectivity index (χ2n) is 5.52. The molecule has 20 heavy (non-hydrogen) atoms. The minimum atomic E-state index is -0.0989. The summed E-state index contributed by atoms with van der Waals surface area (Å²) >= 11 is 5.93. The second-order valence-corrected chi connectivity index (χ2v) is 5.93. The van der Waals surface area contributed by atoms with E-state index in [0.29, 0.717) is 23.2 Å². The molecule has 0 fully saturated rings. The topological polar surface area (TPSA) is 42.8 Å². The Morgan fingerprint density at radius 3 is 2.75 bits per heavy atom. The SMILES string of the molecule is Cc1cc(OCC(=O)NC[C@H](C)C[NH+](C)C)ccc1Cl. The smallest absolute Gasteiger partial charge is 0.257 e. The van der Waals surface area contributed by atoms with Gasteiger partial charge in [0.1, 0.15) is 5.75 Å². The number of carbonyl (C=O) groups excluding carboxylic acids is 1. The number of hydrogen-bond donors (Lipinski definition) is 2. The van der Waals surface area contributed by atoms with E-state index in [2.05, 4.69) is 26.3 Å². The summed E-state index contributed by atoms with van der Waals surface area (Å²) in [6.07, 6.45) is 0. The van der Waals surface area contributed by atoms with Gasteiger partial charge in [0.2, 0.25) is 0 Å². The number of amides is 1. The molecule has 0 heterocycles. The predicted molar refractivity (Wildman–Crippen MR) is 81.5 cm³/mol. The van der Waals surface area contributed by atoms with E-state index in [-0.39, 0.29) is 12.5 Å². The summed E-state index contributed by atoms with van der Waals surface area (Å²) in [4.78, 5) is 13.1. The number of halogens is 1.